The average molecular weight is 294 g/mol. The second-order valence-electron chi connectivity index (χ2n) is 4.84. The molecule has 0 aliphatic carbocycles. The van der Waals surface area contributed by atoms with Gasteiger partial charge in [-0.3, -0.25) is 4.90 Å². The highest BCUT2D eigenvalue weighted by molar-refractivity contribution is 5.85. The lowest BCUT2D eigenvalue weighted by Gasteiger charge is -2.17. The molecule has 1 N–H and O–H groups in total. The van der Waals surface area contributed by atoms with Crippen molar-refractivity contribution in [1.82, 2.24) is 25.2 Å². The van der Waals surface area contributed by atoms with Crippen LogP contribution in [-0.2, 0) is 6.54 Å². The summed E-state index contributed by atoms with van der Waals surface area (Å²) >= 11 is 0. The van der Waals surface area contributed by atoms with Crippen molar-refractivity contribution >= 4 is 12.4 Å². The molecule has 5 nitrogen and oxygen atoms in total. The Morgan fingerprint density at radius 1 is 1.10 bits per heavy atom. The minimum Gasteiger partial charge on any atom is -0.315 e. The van der Waals surface area contributed by atoms with Crippen molar-refractivity contribution in [2.75, 3.05) is 26.2 Å². The SMILES string of the molecule is Cl.c1ccc(-n2ncc(CN3CCCNCC3)n2)cc1. The molecule has 20 heavy (non-hydrogen) atoms. The van der Waals surface area contributed by atoms with Crippen molar-refractivity contribution in [1.29, 1.82) is 0 Å². The fourth-order valence-corrected chi connectivity index (χ4v) is 2.34. The fourth-order valence-electron chi connectivity index (χ4n) is 2.34. The lowest BCUT2D eigenvalue weighted by molar-refractivity contribution is 0.280. The van der Waals surface area contributed by atoms with Crippen molar-refractivity contribution in [2.24, 2.45) is 0 Å². The second kappa shape index (κ2) is 7.38. The van der Waals surface area contributed by atoms with Crippen LogP contribution in [-0.4, -0.2) is 46.1 Å². The van der Waals surface area contributed by atoms with Gasteiger partial charge in [0.2, 0.25) is 0 Å². The molecule has 0 atom stereocenters. The summed E-state index contributed by atoms with van der Waals surface area (Å²) in [7, 11) is 0. The molecule has 0 spiro atoms. The first-order valence-corrected chi connectivity index (χ1v) is 6.81. The molecule has 6 heteroatoms. The maximum atomic E-state index is 4.55. The summed E-state index contributed by atoms with van der Waals surface area (Å²) in [5.41, 5.74) is 2.04. The first-order chi connectivity index (χ1) is 9.42. The summed E-state index contributed by atoms with van der Waals surface area (Å²) in [4.78, 5) is 4.13. The van der Waals surface area contributed by atoms with Crippen molar-refractivity contribution in [3.05, 3.63) is 42.2 Å². The maximum Gasteiger partial charge on any atom is 0.0971 e. The molecule has 0 radical (unpaired) electrons. The first-order valence-electron chi connectivity index (χ1n) is 6.81. The van der Waals surface area contributed by atoms with E-state index in [4.69, 9.17) is 0 Å². The predicted molar refractivity (Wildman–Crippen MR) is 81.4 cm³/mol. The summed E-state index contributed by atoms with van der Waals surface area (Å²) in [6.45, 7) is 5.28. The zero-order valence-electron chi connectivity index (χ0n) is 11.4. The van der Waals surface area contributed by atoms with E-state index in [2.05, 4.69) is 20.4 Å². The van der Waals surface area contributed by atoms with Crippen LogP contribution in [0.15, 0.2) is 36.5 Å². The number of hydrogen-bond acceptors (Lipinski definition) is 4. The average Bonchev–Trinajstić information content (AvgIpc) is 2.76. The van der Waals surface area contributed by atoms with Gasteiger partial charge in [0.25, 0.3) is 0 Å². The van der Waals surface area contributed by atoms with E-state index in [1.807, 2.05) is 36.5 Å². The van der Waals surface area contributed by atoms with E-state index in [0.717, 1.165) is 44.1 Å². The van der Waals surface area contributed by atoms with Crippen LogP contribution in [0.5, 0.6) is 0 Å². The highest BCUT2D eigenvalue weighted by Crippen LogP contribution is 2.07. The third-order valence-corrected chi connectivity index (χ3v) is 3.34. The van der Waals surface area contributed by atoms with E-state index >= 15 is 0 Å². The van der Waals surface area contributed by atoms with Crippen molar-refractivity contribution in [2.45, 2.75) is 13.0 Å². The van der Waals surface area contributed by atoms with Crippen LogP contribution in [0.25, 0.3) is 5.69 Å². The Morgan fingerprint density at radius 3 is 2.80 bits per heavy atom. The van der Waals surface area contributed by atoms with Gasteiger partial charge in [0.1, 0.15) is 0 Å². The smallest absolute Gasteiger partial charge is 0.0971 e. The Hall–Kier alpha value is -1.43. The lowest BCUT2D eigenvalue weighted by atomic mass is 10.3. The van der Waals surface area contributed by atoms with Crippen LogP contribution in [0.2, 0.25) is 0 Å². The van der Waals surface area contributed by atoms with Gasteiger partial charge in [-0.05, 0) is 31.6 Å². The number of nitrogens with one attached hydrogen (secondary N) is 1. The molecule has 1 fully saturated rings. The van der Waals surface area contributed by atoms with Gasteiger partial charge < -0.3 is 5.32 Å². The van der Waals surface area contributed by atoms with Gasteiger partial charge in [0, 0.05) is 19.6 Å². The third-order valence-electron chi connectivity index (χ3n) is 3.34. The highest BCUT2D eigenvalue weighted by Gasteiger charge is 2.11. The number of benzene rings is 1. The van der Waals surface area contributed by atoms with Crippen LogP contribution >= 0.6 is 12.4 Å². The van der Waals surface area contributed by atoms with Crippen LogP contribution < -0.4 is 5.32 Å². The van der Waals surface area contributed by atoms with Gasteiger partial charge in [-0.15, -0.1) is 12.4 Å². The molecule has 108 valence electrons. The highest BCUT2D eigenvalue weighted by atomic mass is 35.5. The zero-order valence-corrected chi connectivity index (χ0v) is 12.2. The van der Waals surface area contributed by atoms with E-state index in [-0.39, 0.29) is 12.4 Å². The van der Waals surface area contributed by atoms with Gasteiger partial charge in [0.15, 0.2) is 0 Å². The number of rotatable bonds is 3. The Bertz CT molecular complexity index is 505. The molecule has 2 aromatic rings. The first kappa shape index (κ1) is 15.0. The Balaban J connectivity index is 0.00000147. The van der Waals surface area contributed by atoms with Crippen molar-refractivity contribution in [3.63, 3.8) is 0 Å². The number of para-hydroxylation sites is 1. The summed E-state index contributed by atoms with van der Waals surface area (Å²) in [6.07, 6.45) is 3.07. The van der Waals surface area contributed by atoms with Crippen molar-refractivity contribution < 1.29 is 0 Å². The van der Waals surface area contributed by atoms with E-state index < -0.39 is 0 Å². The quantitative estimate of drug-likeness (QED) is 0.931. The largest absolute Gasteiger partial charge is 0.315 e. The molecule has 1 aliphatic rings. The monoisotopic (exact) mass is 293 g/mol. The fraction of sp³-hybridized carbons (Fsp3) is 0.429. The number of nitrogens with zero attached hydrogens (tertiary/aromatic N) is 4. The minimum atomic E-state index is 0. The molecule has 1 aromatic carbocycles. The molecule has 1 aromatic heterocycles. The third kappa shape index (κ3) is 3.79. The molecule has 0 unspecified atom stereocenters. The van der Waals surface area contributed by atoms with E-state index in [1.54, 1.807) is 4.80 Å². The standard InChI is InChI=1S/C14H19N5.ClH/c1-2-5-14(6-3-1)19-16-11-13(17-19)12-18-9-4-7-15-8-10-18;/h1-3,5-6,11,15H,4,7-10,12H2;1H. The Labute approximate surface area is 125 Å². The van der Waals surface area contributed by atoms with Crippen LogP contribution in [0.3, 0.4) is 0 Å². The van der Waals surface area contributed by atoms with Crippen LogP contribution in [0.4, 0.5) is 0 Å². The Kier molecular flexibility index (Phi) is 5.52. The molecule has 0 saturated carbocycles. The minimum absolute atomic E-state index is 0. The number of hydrogen-bond donors (Lipinski definition) is 1. The zero-order chi connectivity index (χ0) is 12.9. The molecule has 1 aliphatic heterocycles. The molecule has 1 saturated heterocycles. The van der Waals surface area contributed by atoms with Crippen LogP contribution in [0, 0.1) is 0 Å². The van der Waals surface area contributed by atoms with Gasteiger partial charge in [-0.25, -0.2) is 0 Å². The Morgan fingerprint density at radius 2 is 1.95 bits per heavy atom. The van der Waals surface area contributed by atoms with Gasteiger partial charge in [0.05, 0.1) is 17.6 Å². The van der Waals surface area contributed by atoms with Gasteiger partial charge in [-0.1, -0.05) is 18.2 Å². The summed E-state index contributed by atoms with van der Waals surface area (Å²) in [6, 6.07) is 10.0. The summed E-state index contributed by atoms with van der Waals surface area (Å²) < 4.78 is 0. The summed E-state index contributed by atoms with van der Waals surface area (Å²) in [5.74, 6) is 0. The molecule has 0 amide bonds. The maximum absolute atomic E-state index is 4.55. The molecule has 2 heterocycles. The molecule has 0 bridgehead atoms. The second-order valence-corrected chi connectivity index (χ2v) is 4.84. The number of halogens is 1. The van der Waals surface area contributed by atoms with E-state index in [9.17, 15) is 0 Å². The van der Waals surface area contributed by atoms with Crippen molar-refractivity contribution in [3.8, 4) is 5.69 Å². The molecule has 3 rings (SSSR count). The normalized spacial score (nSPS) is 16.4. The summed E-state index contributed by atoms with van der Waals surface area (Å²) in [5, 5.41) is 12.3. The molecular weight excluding hydrogens is 274 g/mol. The van der Waals surface area contributed by atoms with Gasteiger partial charge >= 0.3 is 0 Å². The predicted octanol–water partition coefficient (Wildman–Crippen LogP) is 1.48. The van der Waals surface area contributed by atoms with E-state index in [0.29, 0.717) is 0 Å². The topological polar surface area (TPSA) is 46.0 Å². The molecular formula is C14H20ClN5. The van der Waals surface area contributed by atoms with Gasteiger partial charge in [-0.2, -0.15) is 15.0 Å². The van der Waals surface area contributed by atoms with Crippen LogP contribution in [0.1, 0.15) is 12.1 Å². The van der Waals surface area contributed by atoms with E-state index in [1.165, 1.54) is 6.42 Å². The lowest BCUT2D eigenvalue weighted by Crippen LogP contribution is -2.27. The number of aromatic nitrogens is 3.